The standard InChI is InChI=1S/C80H56Cl2O4/c1-77(2)65-43-53(81)36-39-57(65)73-67(77)45-61(55-29-15-18-33-64(55)80(84,50-24-10-6-11-25-50)51-26-12-7-13-27-51)71-60-38-35-48(42-70(60)86-76(71)73)47-21-20-28-52(41-47)79(49-22-8-5-9-23-49)66-44-54(82)37-40-58(66)72-68(79)46-62(56-30-14-17-32-63(56)78(3,4)83)75-74(72)59-31-16-19-34-69(59)85-75/h5-46,83-84H,1-4H3. The topological polar surface area (TPSA) is 66.7 Å². The molecule has 0 bridgehead atoms. The summed E-state index contributed by atoms with van der Waals surface area (Å²) in [5.74, 6) is 0. The average Bonchev–Trinajstić information content (AvgIpc) is 1.52. The Morgan fingerprint density at radius 2 is 0.919 bits per heavy atom. The molecule has 6 heteroatoms. The Balaban J connectivity index is 0.952. The lowest BCUT2D eigenvalue weighted by Gasteiger charge is -2.34. The monoisotopic (exact) mass is 1150 g/mol. The van der Waals surface area contributed by atoms with Crippen molar-refractivity contribution >= 4 is 67.1 Å². The van der Waals surface area contributed by atoms with Crippen LogP contribution in [0.15, 0.2) is 264 Å². The van der Waals surface area contributed by atoms with Crippen molar-refractivity contribution in [3.63, 3.8) is 0 Å². The van der Waals surface area contributed by atoms with Gasteiger partial charge in [0.25, 0.3) is 0 Å². The molecule has 86 heavy (non-hydrogen) atoms. The van der Waals surface area contributed by atoms with E-state index in [-0.39, 0.29) is 0 Å². The van der Waals surface area contributed by atoms with Crippen LogP contribution in [0, 0.1) is 0 Å². The van der Waals surface area contributed by atoms with E-state index in [0.717, 1.165) is 155 Å². The first-order chi connectivity index (χ1) is 41.7. The fourth-order valence-electron chi connectivity index (χ4n) is 14.9. The normalized spacial score (nSPS) is 15.1. The summed E-state index contributed by atoms with van der Waals surface area (Å²) in [4.78, 5) is 0. The van der Waals surface area contributed by atoms with E-state index in [4.69, 9.17) is 32.0 Å². The Morgan fingerprint density at radius 3 is 1.62 bits per heavy atom. The predicted molar refractivity (Wildman–Crippen MR) is 352 cm³/mol. The first-order valence-electron chi connectivity index (χ1n) is 29.3. The van der Waals surface area contributed by atoms with Gasteiger partial charge < -0.3 is 19.0 Å². The van der Waals surface area contributed by atoms with Crippen LogP contribution in [0.3, 0.4) is 0 Å². The molecule has 0 saturated carbocycles. The van der Waals surface area contributed by atoms with Crippen LogP contribution in [0.1, 0.15) is 83.3 Å². The molecule has 2 aromatic heterocycles. The second kappa shape index (κ2) is 19.1. The van der Waals surface area contributed by atoms with Gasteiger partial charge in [0.1, 0.15) is 27.9 Å². The maximum absolute atomic E-state index is 13.6. The van der Waals surface area contributed by atoms with E-state index in [1.165, 1.54) is 0 Å². The number of hydrogen-bond acceptors (Lipinski definition) is 4. The zero-order valence-corrected chi connectivity index (χ0v) is 49.2. The highest BCUT2D eigenvalue weighted by Gasteiger charge is 2.49. The maximum atomic E-state index is 13.6. The summed E-state index contributed by atoms with van der Waals surface area (Å²) in [6, 6.07) is 88.2. The zero-order valence-electron chi connectivity index (χ0n) is 47.7. The second-order valence-electron chi connectivity index (χ2n) is 24.3. The minimum atomic E-state index is -1.52. The molecular weight excluding hydrogens is 1100 g/mol. The Labute approximate surface area is 508 Å². The van der Waals surface area contributed by atoms with Crippen LogP contribution in [0.4, 0.5) is 0 Å². The molecule has 2 N–H and O–H groups in total. The lowest BCUT2D eigenvalue weighted by atomic mass is 9.67. The molecule has 14 aromatic rings. The highest BCUT2D eigenvalue weighted by atomic mass is 35.5. The average molecular weight is 1150 g/mol. The van der Waals surface area contributed by atoms with E-state index in [1.807, 2.05) is 123 Å². The van der Waals surface area contributed by atoms with Gasteiger partial charge in [0, 0.05) is 53.7 Å². The van der Waals surface area contributed by atoms with Crippen LogP contribution in [-0.2, 0) is 22.0 Å². The maximum Gasteiger partial charge on any atom is 0.144 e. The van der Waals surface area contributed by atoms with E-state index in [1.54, 1.807) is 0 Å². The van der Waals surface area contributed by atoms with Gasteiger partial charge >= 0.3 is 0 Å². The third kappa shape index (κ3) is 7.50. The van der Waals surface area contributed by atoms with Crippen molar-refractivity contribution in [2.24, 2.45) is 0 Å². The summed E-state index contributed by atoms with van der Waals surface area (Å²) in [6.07, 6.45) is 0. The van der Waals surface area contributed by atoms with Crippen LogP contribution < -0.4 is 0 Å². The number of para-hydroxylation sites is 1. The van der Waals surface area contributed by atoms with Crippen molar-refractivity contribution in [2.45, 2.75) is 49.7 Å². The van der Waals surface area contributed by atoms with Gasteiger partial charge in [0.05, 0.1) is 11.0 Å². The molecule has 2 heterocycles. The van der Waals surface area contributed by atoms with E-state index < -0.39 is 22.0 Å². The molecule has 0 aliphatic heterocycles. The van der Waals surface area contributed by atoms with Crippen LogP contribution in [0.5, 0.6) is 0 Å². The van der Waals surface area contributed by atoms with Crippen LogP contribution in [-0.4, -0.2) is 10.2 Å². The Morgan fingerprint density at radius 1 is 0.372 bits per heavy atom. The zero-order chi connectivity index (χ0) is 58.4. The lowest BCUT2D eigenvalue weighted by molar-refractivity contribution is 0.0792. The number of rotatable bonds is 9. The predicted octanol–water partition coefficient (Wildman–Crippen LogP) is 21.0. The van der Waals surface area contributed by atoms with Crippen LogP contribution in [0.2, 0.25) is 10.0 Å². The van der Waals surface area contributed by atoms with Gasteiger partial charge in [0.2, 0.25) is 0 Å². The van der Waals surface area contributed by atoms with Crippen molar-refractivity contribution in [1.29, 1.82) is 0 Å². The molecule has 12 aromatic carbocycles. The summed E-state index contributed by atoms with van der Waals surface area (Å²) in [7, 11) is 0. The largest absolute Gasteiger partial charge is 0.455 e. The smallest absolute Gasteiger partial charge is 0.144 e. The molecule has 414 valence electrons. The molecule has 4 nitrogen and oxygen atoms in total. The summed E-state index contributed by atoms with van der Waals surface area (Å²) in [6.45, 7) is 8.21. The van der Waals surface area contributed by atoms with Gasteiger partial charge in [-0.25, -0.2) is 0 Å². The fourth-order valence-corrected chi connectivity index (χ4v) is 15.2. The molecule has 2 aliphatic carbocycles. The molecule has 0 spiro atoms. The van der Waals surface area contributed by atoms with E-state index >= 15 is 0 Å². The van der Waals surface area contributed by atoms with Crippen molar-refractivity contribution in [3.05, 3.63) is 320 Å². The Hall–Kier alpha value is -9.26. The van der Waals surface area contributed by atoms with Gasteiger partial charge in [-0.2, -0.15) is 0 Å². The molecule has 2 aliphatic rings. The number of fused-ring (bicyclic) bond motifs is 14. The molecule has 0 saturated heterocycles. The van der Waals surface area contributed by atoms with E-state index in [0.29, 0.717) is 10.0 Å². The van der Waals surface area contributed by atoms with Gasteiger partial charge in [-0.05, 0) is 169 Å². The molecule has 0 fully saturated rings. The molecular formula is C80H56Cl2O4. The number of halogens is 2. The fraction of sp³-hybridized carbons (Fsp3) is 0.100. The molecule has 0 radical (unpaired) electrons. The van der Waals surface area contributed by atoms with Gasteiger partial charge in [-0.15, -0.1) is 0 Å². The van der Waals surface area contributed by atoms with E-state index in [9.17, 15) is 10.2 Å². The third-order valence-corrected chi connectivity index (χ3v) is 19.2. The van der Waals surface area contributed by atoms with Crippen molar-refractivity contribution < 1.29 is 19.0 Å². The first kappa shape index (κ1) is 52.3. The minimum absolute atomic E-state index is 0.445. The van der Waals surface area contributed by atoms with Gasteiger partial charge in [0.15, 0.2) is 0 Å². The number of aliphatic hydroxyl groups is 2. The molecule has 1 unspecified atom stereocenters. The number of hydrogen-bond donors (Lipinski definition) is 2. The summed E-state index contributed by atoms with van der Waals surface area (Å²) in [5, 5.41) is 30.7. The highest BCUT2D eigenvalue weighted by Crippen LogP contribution is 2.62. The van der Waals surface area contributed by atoms with Crippen molar-refractivity contribution in [3.8, 4) is 55.6 Å². The summed E-state index contributed by atoms with van der Waals surface area (Å²) >= 11 is 14.1. The van der Waals surface area contributed by atoms with Gasteiger partial charge in [-0.1, -0.05) is 231 Å². The number of benzene rings is 12. The van der Waals surface area contributed by atoms with Crippen LogP contribution in [0.25, 0.3) is 99.5 Å². The molecule has 1 atom stereocenters. The van der Waals surface area contributed by atoms with Crippen LogP contribution >= 0.6 is 23.2 Å². The second-order valence-corrected chi connectivity index (χ2v) is 25.2. The van der Waals surface area contributed by atoms with E-state index in [2.05, 4.69) is 159 Å². The SMILES string of the molecule is CC(C)(O)c1ccccc1-c1cc2c(c3c1oc1ccccc13)-c1ccc(Cl)cc1C2(c1ccccc1)c1cccc(-c2ccc3c(c2)oc2c4c(cc(-c5ccccc5C(O)(c5ccccc5)c5ccccc5)c23)C(C)(C)c2cc(Cl)ccc2-4)c1. The highest BCUT2D eigenvalue weighted by molar-refractivity contribution is 6.31. The lowest BCUT2D eigenvalue weighted by Crippen LogP contribution is -2.29. The van der Waals surface area contributed by atoms with Gasteiger partial charge in [-0.3, -0.25) is 0 Å². The quantitative estimate of drug-likeness (QED) is 0.141. The van der Waals surface area contributed by atoms with Crippen molar-refractivity contribution in [1.82, 2.24) is 0 Å². The van der Waals surface area contributed by atoms with Crippen molar-refractivity contribution in [2.75, 3.05) is 0 Å². The minimum Gasteiger partial charge on any atom is -0.455 e. The Bertz CT molecular complexity index is 5070. The molecule has 0 amide bonds. The summed E-state index contributed by atoms with van der Waals surface area (Å²) < 4.78 is 14.4. The first-order valence-corrected chi connectivity index (χ1v) is 30.1. The third-order valence-electron chi connectivity index (χ3n) is 18.8. The Kier molecular flexibility index (Phi) is 11.6. The summed E-state index contributed by atoms with van der Waals surface area (Å²) in [5.41, 5.74) is 18.6. The number of furan rings is 2. The molecule has 16 rings (SSSR count).